The third kappa shape index (κ3) is 16.3. The lowest BCUT2D eigenvalue weighted by atomic mass is 10.1. The maximum absolute atomic E-state index is 12.6. The number of esters is 4. The van der Waals surface area contributed by atoms with E-state index < -0.39 is 79.9 Å². The lowest BCUT2D eigenvalue weighted by Crippen LogP contribution is -2.28. The molecule has 0 spiro atoms. The lowest BCUT2D eigenvalue weighted by molar-refractivity contribution is -0.242. The molecule has 0 fully saturated rings. The number of benzene rings is 2. The van der Waals surface area contributed by atoms with Crippen LogP contribution in [0.3, 0.4) is 0 Å². The van der Waals surface area contributed by atoms with Gasteiger partial charge < -0.3 is 60.8 Å². The molecule has 23 heteroatoms. The molecule has 2 aromatic carbocycles. The molecule has 0 aliphatic heterocycles. The monoisotopic (exact) mass is 811 g/mol. The Hall–Kier alpha value is -3.35. The highest BCUT2D eigenvalue weighted by Crippen LogP contribution is 2.45. The second kappa shape index (κ2) is 21.5. The molecule has 296 valence electrons. The van der Waals surface area contributed by atoms with Crippen molar-refractivity contribution >= 4 is 47.3 Å². The molecule has 0 saturated heterocycles. The van der Waals surface area contributed by atoms with Crippen LogP contribution in [0, 0.1) is 0 Å². The highest BCUT2D eigenvalue weighted by molar-refractivity contribution is 7.46. The minimum Gasteiger partial charge on any atom is -0.756 e. The number of ether oxygens (including phenoxy) is 4. The first-order chi connectivity index (χ1) is 24.9. The van der Waals surface area contributed by atoms with E-state index in [0.717, 1.165) is 0 Å². The van der Waals surface area contributed by atoms with Crippen LogP contribution in [-0.2, 0) is 73.0 Å². The Morgan fingerprint density at radius 1 is 0.528 bits per heavy atom. The molecular formula is C30H38O20P3-3. The number of phosphoric ester groups is 3. The van der Waals surface area contributed by atoms with Gasteiger partial charge in [-0.3, -0.25) is 13.7 Å². The Kier molecular flexibility index (Phi) is 18.6. The minimum absolute atomic E-state index is 0.00109. The molecule has 0 radical (unpaired) electrons. The van der Waals surface area contributed by atoms with Gasteiger partial charge in [0.1, 0.15) is 6.10 Å². The predicted octanol–water partition coefficient (Wildman–Crippen LogP) is 2.60. The molecule has 0 N–H and O–H groups in total. The number of carbonyl (C=O) groups is 4. The molecule has 2 aromatic rings. The van der Waals surface area contributed by atoms with Crippen molar-refractivity contribution in [3.05, 3.63) is 69.8 Å². The molecule has 20 nitrogen and oxygen atoms in total. The van der Waals surface area contributed by atoms with Crippen molar-refractivity contribution in [1.82, 2.24) is 0 Å². The van der Waals surface area contributed by atoms with Crippen molar-refractivity contribution in [2.45, 2.75) is 47.0 Å². The lowest BCUT2D eigenvalue weighted by Gasteiger charge is -2.31. The normalized spacial score (nSPS) is 15.2. The van der Waals surface area contributed by atoms with E-state index in [0.29, 0.717) is 7.11 Å². The van der Waals surface area contributed by atoms with Crippen LogP contribution in [0.5, 0.6) is 0 Å². The zero-order chi connectivity index (χ0) is 39.8. The van der Waals surface area contributed by atoms with Crippen molar-refractivity contribution in [2.75, 3.05) is 46.8 Å². The van der Waals surface area contributed by atoms with Crippen LogP contribution in [0.1, 0.15) is 80.3 Å². The van der Waals surface area contributed by atoms with Crippen molar-refractivity contribution < 1.29 is 93.6 Å². The van der Waals surface area contributed by atoms with Crippen LogP contribution < -0.4 is 14.7 Å². The smallest absolute Gasteiger partial charge is 0.338 e. The molecule has 0 aliphatic rings. The topological polar surface area (TPSA) is 281 Å². The average molecular weight is 812 g/mol. The maximum atomic E-state index is 12.6. The summed E-state index contributed by atoms with van der Waals surface area (Å²) in [6.07, 6.45) is -1.99. The van der Waals surface area contributed by atoms with Gasteiger partial charge in [0.05, 0.1) is 75.1 Å². The Balaban J connectivity index is 2.17. The third-order valence-electron chi connectivity index (χ3n) is 6.15. The average Bonchev–Trinajstić information content (AvgIpc) is 3.11. The van der Waals surface area contributed by atoms with Crippen LogP contribution in [0.25, 0.3) is 0 Å². The summed E-state index contributed by atoms with van der Waals surface area (Å²) in [5.41, 5.74) is -0.503. The van der Waals surface area contributed by atoms with Gasteiger partial charge in [-0.2, -0.15) is 0 Å². The number of carbonyl (C=O) groups excluding carboxylic acids is 4. The third-order valence-corrected chi connectivity index (χ3v) is 8.97. The van der Waals surface area contributed by atoms with E-state index in [2.05, 4.69) is 9.05 Å². The number of phosphoric acid groups is 3. The largest absolute Gasteiger partial charge is 0.756 e. The van der Waals surface area contributed by atoms with Gasteiger partial charge >= 0.3 is 23.9 Å². The standard InChI is InChI=1S/C30H41O20P3/c1-6-42-27(31)22-10-20(11-23(14-22)28(32)43-7-2)16-46-52(37,38)48-18-26(50-51(35,36)41-5)19-49-53(39,40)47-17-21-12-24(29(33)44-8-3)15-25(13-21)30(34)45-9-4/h10-15,26H,6-9,16-19H2,1-5H3,(H,35,36)(H,37,38)(H,39,40)/p-3. The predicted molar refractivity (Wildman–Crippen MR) is 173 cm³/mol. The molecule has 0 aliphatic carbocycles. The summed E-state index contributed by atoms with van der Waals surface area (Å²) in [7, 11) is -15.1. The number of hydrogen-bond acceptors (Lipinski definition) is 20. The summed E-state index contributed by atoms with van der Waals surface area (Å²) in [6, 6.07) is 7.08. The molecule has 53 heavy (non-hydrogen) atoms. The van der Waals surface area contributed by atoms with Gasteiger partial charge in [-0.05, 0) is 75.2 Å². The molecule has 0 aromatic heterocycles. The minimum atomic E-state index is -5.35. The molecule has 2 rings (SSSR count). The second-order valence-electron chi connectivity index (χ2n) is 10.1. The van der Waals surface area contributed by atoms with E-state index in [4.69, 9.17) is 37.0 Å². The van der Waals surface area contributed by atoms with E-state index in [1.165, 1.54) is 36.4 Å². The molecule has 0 bridgehead atoms. The van der Waals surface area contributed by atoms with Crippen LogP contribution in [0.15, 0.2) is 36.4 Å². The summed E-state index contributed by atoms with van der Waals surface area (Å²) in [5, 5.41) is 0. The zero-order valence-corrected chi connectivity index (χ0v) is 31.9. The van der Waals surface area contributed by atoms with Crippen molar-refractivity contribution in [2.24, 2.45) is 0 Å². The zero-order valence-electron chi connectivity index (χ0n) is 29.2. The Labute approximate surface area is 304 Å². The SMILES string of the molecule is CCOC(=O)c1cc(COP(=O)([O-])OCC(COP(=O)([O-])OCc2cc(C(=O)OCC)cc(C(=O)OCC)c2)OP(=O)([O-])OC)cc(C(=O)OCC)c1. The van der Waals surface area contributed by atoms with E-state index in [1.807, 2.05) is 0 Å². The molecule has 0 amide bonds. The first kappa shape index (κ1) is 45.8. The Bertz CT molecular complexity index is 1540. The van der Waals surface area contributed by atoms with Gasteiger partial charge in [0, 0.05) is 7.11 Å². The van der Waals surface area contributed by atoms with Gasteiger partial charge in [0.25, 0.3) is 23.5 Å². The first-order valence-corrected chi connectivity index (χ1v) is 20.0. The fourth-order valence-corrected chi connectivity index (χ4v) is 5.98. The molecular weight excluding hydrogens is 773 g/mol. The van der Waals surface area contributed by atoms with Crippen LogP contribution in [0.2, 0.25) is 0 Å². The van der Waals surface area contributed by atoms with Gasteiger partial charge in [-0.1, -0.05) is 0 Å². The molecule has 3 unspecified atom stereocenters. The summed E-state index contributed by atoms with van der Waals surface area (Å²) in [6.45, 7) is 2.21. The Morgan fingerprint density at radius 3 is 1.09 bits per heavy atom. The summed E-state index contributed by atoms with van der Waals surface area (Å²) in [4.78, 5) is 86.3. The van der Waals surface area contributed by atoms with E-state index in [9.17, 15) is 47.6 Å². The summed E-state index contributed by atoms with van der Waals surface area (Å²) >= 11 is 0. The van der Waals surface area contributed by atoms with Crippen LogP contribution in [0.4, 0.5) is 0 Å². The number of hydrogen-bond donors (Lipinski definition) is 0. The van der Waals surface area contributed by atoms with E-state index >= 15 is 0 Å². The summed E-state index contributed by atoms with van der Waals surface area (Å²) < 4.78 is 84.7. The number of rotatable bonds is 23. The van der Waals surface area contributed by atoms with Gasteiger partial charge in [0.2, 0.25) is 0 Å². The maximum Gasteiger partial charge on any atom is 0.338 e. The molecule has 0 heterocycles. The fraction of sp³-hybridized carbons (Fsp3) is 0.467. The highest BCUT2D eigenvalue weighted by Gasteiger charge is 2.25. The van der Waals surface area contributed by atoms with Crippen molar-refractivity contribution in [1.29, 1.82) is 0 Å². The quantitative estimate of drug-likeness (QED) is 0.0885. The first-order valence-electron chi connectivity index (χ1n) is 15.6. The van der Waals surface area contributed by atoms with Crippen molar-refractivity contribution in [3.8, 4) is 0 Å². The highest BCUT2D eigenvalue weighted by atomic mass is 31.2. The fourth-order valence-electron chi connectivity index (χ4n) is 3.94. The summed E-state index contributed by atoms with van der Waals surface area (Å²) in [5.74, 6) is -3.30. The molecule has 0 saturated carbocycles. The Morgan fingerprint density at radius 2 is 0.830 bits per heavy atom. The van der Waals surface area contributed by atoms with Gasteiger partial charge in [0.15, 0.2) is 0 Å². The van der Waals surface area contributed by atoms with E-state index in [-0.39, 0.29) is 59.8 Å². The van der Waals surface area contributed by atoms with Crippen molar-refractivity contribution in [3.63, 3.8) is 0 Å². The van der Waals surface area contributed by atoms with E-state index in [1.54, 1.807) is 27.7 Å². The molecule has 3 atom stereocenters. The van der Waals surface area contributed by atoms with Crippen LogP contribution in [-0.4, -0.2) is 76.7 Å². The van der Waals surface area contributed by atoms with Gasteiger partial charge in [-0.15, -0.1) is 0 Å². The van der Waals surface area contributed by atoms with Crippen LogP contribution >= 0.6 is 23.5 Å². The second-order valence-corrected chi connectivity index (χ2v) is 14.4. The van der Waals surface area contributed by atoms with Gasteiger partial charge in [-0.25, -0.2) is 19.2 Å².